The van der Waals surface area contributed by atoms with Crippen LogP contribution in [0, 0.1) is 6.92 Å². The number of aliphatic hydroxyl groups is 1. The molecule has 0 atom stereocenters. The van der Waals surface area contributed by atoms with Crippen molar-refractivity contribution in [1.82, 2.24) is 4.98 Å². The van der Waals surface area contributed by atoms with Crippen molar-refractivity contribution < 1.29 is 13.5 Å². The van der Waals surface area contributed by atoms with E-state index in [1.54, 1.807) is 31.2 Å². The average Bonchev–Trinajstić information content (AvgIpc) is 2.79. The van der Waals surface area contributed by atoms with Crippen molar-refractivity contribution in [3.8, 4) is 0 Å². The zero-order valence-electron chi connectivity index (χ0n) is 10.3. The van der Waals surface area contributed by atoms with Gasteiger partial charge in [0, 0.05) is 12.3 Å². The molecule has 0 saturated heterocycles. The van der Waals surface area contributed by atoms with Crippen LogP contribution in [0.3, 0.4) is 0 Å². The SMILES string of the molecule is Cc1ncc(S(=O)(=O)Nc2ccc(CCO)cc2)s1. The van der Waals surface area contributed by atoms with E-state index in [2.05, 4.69) is 9.71 Å². The molecule has 19 heavy (non-hydrogen) atoms. The fraction of sp³-hybridized carbons (Fsp3) is 0.250. The summed E-state index contributed by atoms with van der Waals surface area (Å²) < 4.78 is 26.8. The summed E-state index contributed by atoms with van der Waals surface area (Å²) in [7, 11) is -3.56. The van der Waals surface area contributed by atoms with Crippen LogP contribution in [-0.4, -0.2) is 25.1 Å². The van der Waals surface area contributed by atoms with Crippen LogP contribution in [0.1, 0.15) is 10.6 Å². The van der Waals surface area contributed by atoms with Gasteiger partial charge in [-0.1, -0.05) is 12.1 Å². The van der Waals surface area contributed by atoms with Gasteiger partial charge in [-0.15, -0.1) is 11.3 Å². The number of rotatable bonds is 5. The lowest BCUT2D eigenvalue weighted by Crippen LogP contribution is -2.11. The molecule has 0 aliphatic heterocycles. The highest BCUT2D eigenvalue weighted by atomic mass is 32.2. The Labute approximate surface area is 116 Å². The molecule has 1 aromatic heterocycles. The van der Waals surface area contributed by atoms with Crippen molar-refractivity contribution in [3.63, 3.8) is 0 Å². The van der Waals surface area contributed by atoms with E-state index in [0.29, 0.717) is 17.1 Å². The van der Waals surface area contributed by atoms with Gasteiger partial charge in [0.05, 0.1) is 11.2 Å². The van der Waals surface area contributed by atoms with Gasteiger partial charge in [-0.3, -0.25) is 4.72 Å². The fourth-order valence-electron chi connectivity index (χ4n) is 1.54. The van der Waals surface area contributed by atoms with E-state index in [4.69, 9.17) is 5.11 Å². The summed E-state index contributed by atoms with van der Waals surface area (Å²) in [6, 6.07) is 6.92. The second kappa shape index (κ2) is 5.68. The second-order valence-electron chi connectivity index (χ2n) is 3.97. The third-order valence-electron chi connectivity index (χ3n) is 2.47. The Kier molecular flexibility index (Phi) is 4.18. The first-order valence-electron chi connectivity index (χ1n) is 5.66. The first-order chi connectivity index (χ1) is 9.01. The molecule has 2 aromatic rings. The number of anilines is 1. The van der Waals surface area contributed by atoms with E-state index in [9.17, 15) is 8.42 Å². The van der Waals surface area contributed by atoms with Gasteiger partial charge in [-0.25, -0.2) is 13.4 Å². The van der Waals surface area contributed by atoms with Gasteiger partial charge in [-0.05, 0) is 31.0 Å². The first-order valence-corrected chi connectivity index (χ1v) is 7.96. The normalized spacial score (nSPS) is 11.5. The van der Waals surface area contributed by atoms with Crippen molar-refractivity contribution >= 4 is 27.0 Å². The van der Waals surface area contributed by atoms with E-state index in [1.165, 1.54) is 6.20 Å². The van der Waals surface area contributed by atoms with Crippen molar-refractivity contribution in [1.29, 1.82) is 0 Å². The van der Waals surface area contributed by atoms with Crippen LogP contribution in [0.5, 0.6) is 0 Å². The second-order valence-corrected chi connectivity index (χ2v) is 7.12. The van der Waals surface area contributed by atoms with Crippen LogP contribution in [0.25, 0.3) is 0 Å². The number of thiazole rings is 1. The standard InChI is InChI=1S/C12H14N2O3S2/c1-9-13-8-12(18-9)19(16,17)14-11-4-2-10(3-5-11)6-7-15/h2-5,8,14-15H,6-7H2,1H3. The van der Waals surface area contributed by atoms with Gasteiger partial charge in [0.25, 0.3) is 10.0 Å². The van der Waals surface area contributed by atoms with Crippen LogP contribution in [0.2, 0.25) is 0 Å². The summed E-state index contributed by atoms with van der Waals surface area (Å²) in [4.78, 5) is 3.93. The highest BCUT2D eigenvalue weighted by molar-refractivity contribution is 7.94. The Hall–Kier alpha value is -1.44. The molecule has 0 amide bonds. The van der Waals surface area contributed by atoms with Crippen LogP contribution >= 0.6 is 11.3 Å². The molecule has 5 nitrogen and oxygen atoms in total. The molecule has 2 N–H and O–H groups in total. The Bertz CT molecular complexity index is 648. The molecule has 2 rings (SSSR count). The predicted octanol–water partition coefficient (Wildman–Crippen LogP) is 1.79. The number of nitrogens with one attached hydrogen (secondary N) is 1. The minimum absolute atomic E-state index is 0.0746. The van der Waals surface area contributed by atoms with Gasteiger partial charge < -0.3 is 5.11 Å². The van der Waals surface area contributed by atoms with E-state index in [-0.39, 0.29) is 10.8 Å². The lowest BCUT2D eigenvalue weighted by Gasteiger charge is -2.06. The van der Waals surface area contributed by atoms with Crippen molar-refractivity contribution in [2.75, 3.05) is 11.3 Å². The van der Waals surface area contributed by atoms with Crippen molar-refractivity contribution in [3.05, 3.63) is 41.0 Å². The maximum absolute atomic E-state index is 12.0. The first kappa shape index (κ1) is 14.0. The monoisotopic (exact) mass is 298 g/mol. The maximum atomic E-state index is 12.0. The Morgan fingerprint density at radius 3 is 2.53 bits per heavy atom. The summed E-state index contributed by atoms with van der Waals surface area (Å²) in [6.45, 7) is 1.83. The highest BCUT2D eigenvalue weighted by Gasteiger charge is 2.16. The number of hydrogen-bond donors (Lipinski definition) is 2. The van der Waals surface area contributed by atoms with E-state index in [1.807, 2.05) is 0 Å². The number of aromatic nitrogens is 1. The van der Waals surface area contributed by atoms with Crippen molar-refractivity contribution in [2.45, 2.75) is 17.6 Å². The number of aryl methyl sites for hydroxylation is 1. The minimum atomic E-state index is -3.56. The molecule has 1 aromatic carbocycles. The van der Waals surface area contributed by atoms with Crippen LogP contribution < -0.4 is 4.72 Å². The molecule has 0 aliphatic rings. The zero-order chi connectivity index (χ0) is 13.9. The highest BCUT2D eigenvalue weighted by Crippen LogP contribution is 2.21. The number of benzene rings is 1. The Balaban J connectivity index is 2.16. The summed E-state index contributed by atoms with van der Waals surface area (Å²) >= 11 is 1.13. The molecule has 1 heterocycles. The number of aliphatic hydroxyl groups excluding tert-OH is 1. The topological polar surface area (TPSA) is 79.3 Å². The summed E-state index contributed by atoms with van der Waals surface area (Å²) in [5.41, 5.74) is 1.45. The van der Waals surface area contributed by atoms with Crippen LogP contribution in [0.15, 0.2) is 34.7 Å². The Morgan fingerprint density at radius 2 is 2.00 bits per heavy atom. The average molecular weight is 298 g/mol. The molecule has 0 aliphatic carbocycles. The fourth-order valence-corrected chi connectivity index (χ4v) is 3.71. The molecule has 102 valence electrons. The predicted molar refractivity (Wildman–Crippen MR) is 74.9 cm³/mol. The molecule has 0 saturated carbocycles. The number of hydrogen-bond acceptors (Lipinski definition) is 5. The van der Waals surface area contributed by atoms with Gasteiger partial charge in [0.15, 0.2) is 4.21 Å². The number of nitrogens with zero attached hydrogens (tertiary/aromatic N) is 1. The van der Waals surface area contributed by atoms with Gasteiger partial charge in [0.2, 0.25) is 0 Å². The lowest BCUT2D eigenvalue weighted by molar-refractivity contribution is 0.299. The Morgan fingerprint density at radius 1 is 1.32 bits per heavy atom. The third-order valence-corrected chi connectivity index (χ3v) is 5.23. The molecule has 0 radical (unpaired) electrons. The quantitative estimate of drug-likeness (QED) is 0.882. The van der Waals surface area contributed by atoms with Gasteiger partial charge in [0.1, 0.15) is 0 Å². The lowest BCUT2D eigenvalue weighted by atomic mass is 10.1. The van der Waals surface area contributed by atoms with E-state index < -0.39 is 10.0 Å². The van der Waals surface area contributed by atoms with E-state index >= 15 is 0 Å². The third kappa shape index (κ3) is 3.52. The molecular formula is C12H14N2O3S2. The molecule has 0 bridgehead atoms. The molecule has 0 unspecified atom stereocenters. The maximum Gasteiger partial charge on any atom is 0.273 e. The van der Waals surface area contributed by atoms with Crippen LogP contribution in [-0.2, 0) is 16.4 Å². The van der Waals surface area contributed by atoms with Crippen LogP contribution in [0.4, 0.5) is 5.69 Å². The summed E-state index contributed by atoms with van der Waals surface area (Å²) in [6.07, 6.45) is 1.91. The minimum Gasteiger partial charge on any atom is -0.396 e. The molecule has 0 fully saturated rings. The molecule has 7 heteroatoms. The van der Waals surface area contributed by atoms with Gasteiger partial charge >= 0.3 is 0 Å². The molecular weight excluding hydrogens is 284 g/mol. The van der Waals surface area contributed by atoms with Crippen molar-refractivity contribution in [2.24, 2.45) is 0 Å². The van der Waals surface area contributed by atoms with E-state index in [0.717, 1.165) is 16.9 Å². The zero-order valence-corrected chi connectivity index (χ0v) is 12.0. The smallest absolute Gasteiger partial charge is 0.273 e. The summed E-state index contributed by atoms with van der Waals surface area (Å²) in [5, 5.41) is 9.52. The van der Waals surface area contributed by atoms with Gasteiger partial charge in [-0.2, -0.15) is 0 Å². The largest absolute Gasteiger partial charge is 0.396 e. The summed E-state index contributed by atoms with van der Waals surface area (Å²) in [5.74, 6) is 0. The number of sulfonamides is 1. The molecule has 0 spiro atoms.